The van der Waals surface area contributed by atoms with E-state index in [1.165, 1.54) is 18.5 Å². The third-order valence-electron chi connectivity index (χ3n) is 2.07. The standard InChI is InChI=1S/C11H6ClFN2O2/c12-10-9(14-1-2-15-10)6-3-7(11(16)17)5-8(13)4-6/h1-5H,(H,16,17). The first-order valence-electron chi connectivity index (χ1n) is 4.58. The SMILES string of the molecule is O=C(O)c1cc(F)cc(-c2nccnc2Cl)c1. The van der Waals surface area contributed by atoms with Crippen LogP contribution in [-0.4, -0.2) is 21.0 Å². The molecule has 2 rings (SSSR count). The summed E-state index contributed by atoms with van der Waals surface area (Å²) in [5.41, 5.74) is 0.360. The van der Waals surface area contributed by atoms with Gasteiger partial charge in [0.1, 0.15) is 11.5 Å². The second-order valence-corrected chi connectivity index (χ2v) is 3.59. The van der Waals surface area contributed by atoms with Crippen LogP contribution in [0.25, 0.3) is 11.3 Å². The molecule has 17 heavy (non-hydrogen) atoms. The molecule has 0 aliphatic carbocycles. The number of carboxylic acid groups (broad SMARTS) is 1. The fraction of sp³-hybridized carbons (Fsp3) is 0. The van der Waals surface area contributed by atoms with Crippen molar-refractivity contribution in [1.82, 2.24) is 9.97 Å². The lowest BCUT2D eigenvalue weighted by Crippen LogP contribution is -1.98. The maximum atomic E-state index is 13.3. The first kappa shape index (κ1) is 11.5. The van der Waals surface area contributed by atoms with Crippen molar-refractivity contribution in [2.75, 3.05) is 0 Å². The number of aromatic carboxylic acids is 1. The summed E-state index contributed by atoms with van der Waals surface area (Å²) in [5.74, 6) is -1.88. The number of carbonyl (C=O) groups is 1. The summed E-state index contributed by atoms with van der Waals surface area (Å²) in [5, 5.41) is 8.91. The third-order valence-corrected chi connectivity index (χ3v) is 2.35. The topological polar surface area (TPSA) is 63.1 Å². The van der Waals surface area contributed by atoms with Crippen molar-refractivity contribution in [3.63, 3.8) is 0 Å². The highest BCUT2D eigenvalue weighted by Crippen LogP contribution is 2.25. The minimum absolute atomic E-state index is 0.0921. The molecule has 0 radical (unpaired) electrons. The van der Waals surface area contributed by atoms with Crippen LogP contribution in [0, 0.1) is 5.82 Å². The molecule has 0 spiro atoms. The first-order chi connectivity index (χ1) is 8.08. The van der Waals surface area contributed by atoms with E-state index in [0.717, 1.165) is 12.1 Å². The average molecular weight is 253 g/mol. The minimum atomic E-state index is -1.22. The summed E-state index contributed by atoms with van der Waals surface area (Å²) in [4.78, 5) is 18.5. The molecule has 0 atom stereocenters. The molecule has 1 heterocycles. The van der Waals surface area contributed by atoms with Gasteiger partial charge in [0.05, 0.1) is 5.56 Å². The van der Waals surface area contributed by atoms with Crippen molar-refractivity contribution >= 4 is 17.6 Å². The van der Waals surface area contributed by atoms with Gasteiger partial charge in [-0.3, -0.25) is 4.98 Å². The molecule has 6 heteroatoms. The molecule has 1 aromatic carbocycles. The second kappa shape index (κ2) is 4.47. The molecule has 0 aliphatic heterocycles. The molecular weight excluding hydrogens is 247 g/mol. The van der Waals surface area contributed by atoms with Crippen molar-refractivity contribution in [2.24, 2.45) is 0 Å². The Kier molecular flexibility index (Phi) is 3.01. The van der Waals surface area contributed by atoms with E-state index in [9.17, 15) is 9.18 Å². The van der Waals surface area contributed by atoms with E-state index < -0.39 is 11.8 Å². The average Bonchev–Trinajstić information content (AvgIpc) is 2.28. The summed E-state index contributed by atoms with van der Waals surface area (Å²) in [6, 6.07) is 3.37. The summed E-state index contributed by atoms with van der Waals surface area (Å²) >= 11 is 5.80. The molecule has 0 fully saturated rings. The van der Waals surface area contributed by atoms with Gasteiger partial charge in [-0.25, -0.2) is 14.2 Å². The largest absolute Gasteiger partial charge is 0.478 e. The zero-order valence-electron chi connectivity index (χ0n) is 8.39. The molecule has 0 saturated carbocycles. The number of rotatable bonds is 2. The van der Waals surface area contributed by atoms with Crippen LogP contribution in [0.4, 0.5) is 4.39 Å². The highest BCUT2D eigenvalue weighted by Gasteiger charge is 2.11. The molecule has 0 amide bonds. The number of hydrogen-bond acceptors (Lipinski definition) is 3. The van der Waals surface area contributed by atoms with Gasteiger partial charge in [-0.05, 0) is 18.2 Å². The number of benzene rings is 1. The van der Waals surface area contributed by atoms with Gasteiger partial charge < -0.3 is 5.11 Å². The zero-order chi connectivity index (χ0) is 12.4. The molecule has 4 nitrogen and oxygen atoms in total. The van der Waals surface area contributed by atoms with Crippen LogP contribution in [0.1, 0.15) is 10.4 Å². The van der Waals surface area contributed by atoms with E-state index in [-0.39, 0.29) is 22.0 Å². The van der Waals surface area contributed by atoms with Crippen molar-refractivity contribution in [3.05, 3.63) is 47.1 Å². The molecule has 1 N–H and O–H groups in total. The highest BCUT2D eigenvalue weighted by atomic mass is 35.5. The Bertz CT molecular complexity index is 589. The molecule has 1 aromatic heterocycles. The van der Waals surface area contributed by atoms with Gasteiger partial charge in [0.2, 0.25) is 0 Å². The lowest BCUT2D eigenvalue weighted by molar-refractivity contribution is 0.0696. The van der Waals surface area contributed by atoms with Crippen molar-refractivity contribution in [2.45, 2.75) is 0 Å². The van der Waals surface area contributed by atoms with Gasteiger partial charge in [0.25, 0.3) is 0 Å². The maximum Gasteiger partial charge on any atom is 0.335 e. The lowest BCUT2D eigenvalue weighted by atomic mass is 10.1. The number of carboxylic acids is 1. The van der Waals surface area contributed by atoms with Crippen LogP contribution in [0.3, 0.4) is 0 Å². The van der Waals surface area contributed by atoms with Crippen molar-refractivity contribution in [1.29, 1.82) is 0 Å². The Balaban J connectivity index is 2.60. The zero-order valence-corrected chi connectivity index (χ0v) is 9.15. The number of halogens is 2. The van der Waals surface area contributed by atoms with E-state index in [1.807, 2.05) is 0 Å². The van der Waals surface area contributed by atoms with E-state index in [2.05, 4.69) is 9.97 Å². The van der Waals surface area contributed by atoms with E-state index in [4.69, 9.17) is 16.7 Å². The van der Waals surface area contributed by atoms with E-state index in [1.54, 1.807) is 0 Å². The predicted octanol–water partition coefficient (Wildman–Crippen LogP) is 2.63. The van der Waals surface area contributed by atoms with Gasteiger partial charge >= 0.3 is 5.97 Å². The Morgan fingerprint density at radius 1 is 1.24 bits per heavy atom. The third kappa shape index (κ3) is 2.39. The minimum Gasteiger partial charge on any atom is -0.478 e. The highest BCUT2D eigenvalue weighted by molar-refractivity contribution is 6.31. The second-order valence-electron chi connectivity index (χ2n) is 3.23. The summed E-state index contributed by atoms with van der Waals surface area (Å²) < 4.78 is 13.3. The summed E-state index contributed by atoms with van der Waals surface area (Å²) in [6.45, 7) is 0. The lowest BCUT2D eigenvalue weighted by Gasteiger charge is -2.04. The first-order valence-corrected chi connectivity index (χ1v) is 4.96. The number of aromatic nitrogens is 2. The number of nitrogens with zero attached hydrogens (tertiary/aromatic N) is 2. The summed E-state index contributed by atoms with van der Waals surface area (Å²) in [7, 11) is 0. The Labute approximate surface area is 101 Å². The van der Waals surface area contributed by atoms with Crippen LogP contribution < -0.4 is 0 Å². The molecule has 2 aromatic rings. The maximum absolute atomic E-state index is 13.3. The van der Waals surface area contributed by atoms with Crippen LogP contribution >= 0.6 is 11.6 Å². The molecular formula is C11H6ClFN2O2. The van der Waals surface area contributed by atoms with Crippen molar-refractivity contribution in [3.8, 4) is 11.3 Å². The molecule has 0 saturated heterocycles. The molecule has 0 unspecified atom stereocenters. The fourth-order valence-electron chi connectivity index (χ4n) is 1.36. The van der Waals surface area contributed by atoms with E-state index >= 15 is 0 Å². The van der Waals surface area contributed by atoms with Gasteiger partial charge in [0, 0.05) is 18.0 Å². The fourth-order valence-corrected chi connectivity index (χ4v) is 1.58. The van der Waals surface area contributed by atoms with Crippen LogP contribution in [0.15, 0.2) is 30.6 Å². The van der Waals surface area contributed by atoms with Crippen LogP contribution in [-0.2, 0) is 0 Å². The normalized spacial score (nSPS) is 10.2. The molecule has 86 valence electrons. The van der Waals surface area contributed by atoms with Gasteiger partial charge in [-0.15, -0.1) is 0 Å². The van der Waals surface area contributed by atoms with Gasteiger partial charge in [-0.2, -0.15) is 0 Å². The smallest absolute Gasteiger partial charge is 0.335 e. The summed E-state index contributed by atoms with van der Waals surface area (Å²) in [6.07, 6.45) is 2.79. The Morgan fingerprint density at radius 3 is 2.59 bits per heavy atom. The van der Waals surface area contributed by atoms with Gasteiger partial charge in [0.15, 0.2) is 5.15 Å². The molecule has 0 bridgehead atoms. The van der Waals surface area contributed by atoms with Gasteiger partial charge in [-0.1, -0.05) is 11.6 Å². The van der Waals surface area contributed by atoms with Crippen LogP contribution in [0.2, 0.25) is 5.15 Å². The predicted molar refractivity (Wildman–Crippen MR) is 59.4 cm³/mol. The van der Waals surface area contributed by atoms with Crippen molar-refractivity contribution < 1.29 is 14.3 Å². The van der Waals surface area contributed by atoms with E-state index in [0.29, 0.717) is 0 Å². The Morgan fingerprint density at radius 2 is 1.94 bits per heavy atom. The quantitative estimate of drug-likeness (QED) is 0.892. The monoisotopic (exact) mass is 252 g/mol. The molecule has 0 aliphatic rings. The number of hydrogen-bond donors (Lipinski definition) is 1. The Hall–Kier alpha value is -2.01. The van der Waals surface area contributed by atoms with Crippen LogP contribution in [0.5, 0.6) is 0 Å².